The average molecular weight is 509 g/mol. The van der Waals surface area contributed by atoms with Crippen molar-refractivity contribution in [3.05, 3.63) is 18.2 Å². The Morgan fingerprint density at radius 3 is 2.33 bits per heavy atom. The smallest absolute Gasteiger partial charge is 0.326 e. The fraction of sp³-hybridized carbons (Fsp3) is 0.696. The van der Waals surface area contributed by atoms with E-state index >= 15 is 0 Å². The van der Waals surface area contributed by atoms with Crippen molar-refractivity contribution in [3.8, 4) is 0 Å². The Bertz CT molecular complexity index is 850. The van der Waals surface area contributed by atoms with E-state index in [-0.39, 0.29) is 18.7 Å². The summed E-state index contributed by atoms with van der Waals surface area (Å²) in [6.07, 6.45) is 7.37. The molecule has 36 heavy (non-hydrogen) atoms. The van der Waals surface area contributed by atoms with E-state index in [9.17, 15) is 24.3 Å². The molecule has 4 unspecified atom stereocenters. The molecule has 1 saturated heterocycles. The van der Waals surface area contributed by atoms with Crippen LogP contribution in [-0.4, -0.2) is 87.5 Å². The highest BCUT2D eigenvalue weighted by molar-refractivity contribution is 5.94. The van der Waals surface area contributed by atoms with Crippen LogP contribution < -0.4 is 27.8 Å². The molecule has 4 atom stereocenters. The van der Waals surface area contributed by atoms with Crippen LogP contribution in [0.4, 0.5) is 0 Å². The molecule has 13 nitrogen and oxygen atoms in total. The van der Waals surface area contributed by atoms with Crippen LogP contribution >= 0.6 is 0 Å². The Hall–Kier alpha value is -3.03. The van der Waals surface area contributed by atoms with E-state index in [0.29, 0.717) is 70.3 Å². The standard InChI is InChI=1S/C23H40N8O5/c24-9-3-1-6-17(20(32)30-18(23(35)36)7-2-4-10-25)29-21(33)19-8-5-11-31(19)22(34)16(26)12-15-13-27-14-28-15/h13-14,16-19H,1-12,24-26H2,(H,27,28)(H,29,33)(H,30,32)(H,35,36). The lowest BCUT2D eigenvalue weighted by atomic mass is 10.0. The van der Waals surface area contributed by atoms with Crippen LogP contribution in [0, 0.1) is 0 Å². The summed E-state index contributed by atoms with van der Waals surface area (Å²) in [6, 6.07) is -3.62. The quantitative estimate of drug-likeness (QED) is 0.130. The Balaban J connectivity index is 2.04. The van der Waals surface area contributed by atoms with Crippen molar-refractivity contribution in [2.75, 3.05) is 19.6 Å². The number of aromatic amines is 1. The molecule has 202 valence electrons. The van der Waals surface area contributed by atoms with E-state index in [1.165, 1.54) is 11.2 Å². The number of nitrogens with one attached hydrogen (secondary N) is 3. The number of aliphatic carboxylic acids is 1. The number of nitrogens with two attached hydrogens (primary N) is 3. The number of carbonyl (C=O) groups is 4. The second kappa shape index (κ2) is 15.2. The summed E-state index contributed by atoms with van der Waals surface area (Å²) < 4.78 is 0. The molecule has 0 aromatic carbocycles. The Morgan fingerprint density at radius 1 is 1.08 bits per heavy atom. The Kier molecular flexibility index (Phi) is 12.3. The first-order valence-corrected chi connectivity index (χ1v) is 12.6. The van der Waals surface area contributed by atoms with E-state index < -0.39 is 42.0 Å². The summed E-state index contributed by atoms with van der Waals surface area (Å²) in [6.45, 7) is 1.25. The minimum Gasteiger partial charge on any atom is -0.480 e. The van der Waals surface area contributed by atoms with Crippen LogP contribution in [-0.2, 0) is 25.6 Å². The van der Waals surface area contributed by atoms with Crippen LogP contribution in [0.15, 0.2) is 12.5 Å². The molecule has 1 aliphatic heterocycles. The van der Waals surface area contributed by atoms with Crippen LogP contribution in [0.3, 0.4) is 0 Å². The number of likely N-dealkylation sites (tertiary alicyclic amines) is 1. The number of amides is 3. The first kappa shape index (κ1) is 29.2. The monoisotopic (exact) mass is 508 g/mol. The molecule has 10 N–H and O–H groups in total. The number of rotatable bonds is 16. The number of unbranched alkanes of at least 4 members (excludes halogenated alkanes) is 2. The highest BCUT2D eigenvalue weighted by atomic mass is 16.4. The van der Waals surface area contributed by atoms with Gasteiger partial charge in [0.15, 0.2) is 0 Å². The maximum absolute atomic E-state index is 13.2. The minimum atomic E-state index is -1.15. The molecule has 0 bridgehead atoms. The zero-order chi connectivity index (χ0) is 26.5. The third-order valence-corrected chi connectivity index (χ3v) is 6.29. The maximum Gasteiger partial charge on any atom is 0.326 e. The lowest BCUT2D eigenvalue weighted by molar-refractivity contribution is -0.143. The molecule has 0 aliphatic carbocycles. The zero-order valence-electron chi connectivity index (χ0n) is 20.7. The highest BCUT2D eigenvalue weighted by Gasteiger charge is 2.38. The fourth-order valence-corrected chi connectivity index (χ4v) is 4.29. The summed E-state index contributed by atoms with van der Waals surface area (Å²) in [5.41, 5.74) is 17.9. The molecule has 2 rings (SSSR count). The Labute approximate surface area is 210 Å². The summed E-state index contributed by atoms with van der Waals surface area (Å²) in [7, 11) is 0. The molecule has 1 aliphatic rings. The lowest BCUT2D eigenvalue weighted by Gasteiger charge is -2.28. The van der Waals surface area contributed by atoms with E-state index in [4.69, 9.17) is 17.2 Å². The number of imidazole rings is 1. The van der Waals surface area contributed by atoms with Crippen molar-refractivity contribution in [3.63, 3.8) is 0 Å². The normalized spacial score (nSPS) is 17.9. The van der Waals surface area contributed by atoms with Gasteiger partial charge < -0.3 is 42.8 Å². The number of nitrogens with zero attached hydrogens (tertiary/aromatic N) is 2. The number of carbonyl (C=O) groups excluding carboxylic acids is 3. The van der Waals surface area contributed by atoms with Crippen LogP contribution in [0.25, 0.3) is 0 Å². The van der Waals surface area contributed by atoms with Crippen molar-refractivity contribution in [1.29, 1.82) is 0 Å². The molecular formula is C23H40N8O5. The number of aromatic nitrogens is 2. The molecule has 3 amide bonds. The van der Waals surface area contributed by atoms with E-state index in [0.717, 1.165) is 0 Å². The molecule has 2 heterocycles. The van der Waals surface area contributed by atoms with Crippen molar-refractivity contribution >= 4 is 23.7 Å². The molecule has 0 radical (unpaired) electrons. The third-order valence-electron chi connectivity index (χ3n) is 6.29. The van der Waals surface area contributed by atoms with Gasteiger partial charge in [-0.3, -0.25) is 14.4 Å². The SMILES string of the molecule is NCCCCC(NC(=O)C(CCCCN)NC(=O)C1CCCN1C(=O)C(N)Cc1cnc[nH]1)C(=O)O. The molecular weight excluding hydrogens is 468 g/mol. The van der Waals surface area contributed by atoms with Crippen molar-refractivity contribution in [2.45, 2.75) is 82.0 Å². The summed E-state index contributed by atoms with van der Waals surface area (Å²) >= 11 is 0. The zero-order valence-corrected chi connectivity index (χ0v) is 20.7. The van der Waals surface area contributed by atoms with E-state index in [1.54, 1.807) is 6.20 Å². The number of hydrogen-bond acceptors (Lipinski definition) is 8. The van der Waals surface area contributed by atoms with Crippen molar-refractivity contribution in [2.24, 2.45) is 17.2 Å². The van der Waals surface area contributed by atoms with Gasteiger partial charge in [-0.2, -0.15) is 0 Å². The molecule has 13 heteroatoms. The second-order valence-corrected chi connectivity index (χ2v) is 9.11. The van der Waals surface area contributed by atoms with Gasteiger partial charge >= 0.3 is 5.97 Å². The summed E-state index contributed by atoms with van der Waals surface area (Å²) in [4.78, 5) is 59.1. The van der Waals surface area contributed by atoms with Crippen molar-refractivity contribution in [1.82, 2.24) is 25.5 Å². The molecule has 0 saturated carbocycles. The average Bonchev–Trinajstić information content (AvgIpc) is 3.54. The van der Waals surface area contributed by atoms with E-state index in [2.05, 4.69) is 20.6 Å². The minimum absolute atomic E-state index is 0.237. The summed E-state index contributed by atoms with van der Waals surface area (Å²) in [5.74, 6) is -2.53. The number of carboxylic acid groups (broad SMARTS) is 1. The van der Waals surface area contributed by atoms with Gasteiger partial charge in [-0.25, -0.2) is 9.78 Å². The van der Waals surface area contributed by atoms with Gasteiger partial charge in [0, 0.05) is 24.9 Å². The molecule has 1 aromatic heterocycles. The van der Waals surface area contributed by atoms with Crippen LogP contribution in [0.1, 0.15) is 57.1 Å². The van der Waals surface area contributed by atoms with Crippen molar-refractivity contribution < 1.29 is 24.3 Å². The van der Waals surface area contributed by atoms with Gasteiger partial charge in [0.05, 0.1) is 12.4 Å². The van der Waals surface area contributed by atoms with Gasteiger partial charge in [-0.1, -0.05) is 0 Å². The van der Waals surface area contributed by atoms with Gasteiger partial charge in [0.1, 0.15) is 18.1 Å². The number of carboxylic acids is 1. The number of hydrogen-bond donors (Lipinski definition) is 7. The lowest BCUT2D eigenvalue weighted by Crippen LogP contribution is -2.56. The fourth-order valence-electron chi connectivity index (χ4n) is 4.29. The predicted molar refractivity (Wildman–Crippen MR) is 132 cm³/mol. The predicted octanol–water partition coefficient (Wildman–Crippen LogP) is -1.42. The second-order valence-electron chi connectivity index (χ2n) is 9.11. The third kappa shape index (κ3) is 8.88. The van der Waals surface area contributed by atoms with E-state index in [1.807, 2.05) is 0 Å². The van der Waals surface area contributed by atoms with Gasteiger partial charge in [-0.15, -0.1) is 0 Å². The first-order valence-electron chi connectivity index (χ1n) is 12.6. The summed E-state index contributed by atoms with van der Waals surface area (Å²) in [5, 5.41) is 14.8. The number of H-pyrrole nitrogens is 1. The largest absolute Gasteiger partial charge is 0.480 e. The topological polar surface area (TPSA) is 223 Å². The van der Waals surface area contributed by atoms with Gasteiger partial charge in [0.25, 0.3) is 0 Å². The van der Waals surface area contributed by atoms with Gasteiger partial charge in [-0.05, 0) is 64.5 Å². The molecule has 1 aromatic rings. The van der Waals surface area contributed by atoms with Crippen LogP contribution in [0.5, 0.6) is 0 Å². The molecule has 1 fully saturated rings. The van der Waals surface area contributed by atoms with Gasteiger partial charge in [0.2, 0.25) is 17.7 Å². The first-order chi connectivity index (χ1) is 17.3. The highest BCUT2D eigenvalue weighted by Crippen LogP contribution is 2.19. The van der Waals surface area contributed by atoms with Crippen LogP contribution in [0.2, 0.25) is 0 Å². The molecule has 0 spiro atoms. The Morgan fingerprint density at radius 2 is 1.75 bits per heavy atom. The maximum atomic E-state index is 13.2.